The Hall–Kier alpha value is -1.71. The lowest BCUT2D eigenvalue weighted by Crippen LogP contribution is -2.50. The highest BCUT2D eigenvalue weighted by molar-refractivity contribution is 6.05. The molecule has 0 aromatic rings. The van der Waals surface area contributed by atoms with E-state index in [2.05, 4.69) is 13.8 Å². The van der Waals surface area contributed by atoms with Gasteiger partial charge in [-0.1, -0.05) is 19.9 Å². The minimum Gasteiger partial charge on any atom is -0.423 e. The third-order valence-electron chi connectivity index (χ3n) is 7.62. The first kappa shape index (κ1) is 16.7. The van der Waals surface area contributed by atoms with Crippen LogP contribution in [-0.4, -0.2) is 17.5 Å². The predicted molar refractivity (Wildman–Crippen MR) is 92.3 cm³/mol. The van der Waals surface area contributed by atoms with Gasteiger partial charge in [0.05, 0.1) is 0 Å². The average molecular weight is 342 g/mol. The van der Waals surface area contributed by atoms with Crippen molar-refractivity contribution in [2.24, 2.45) is 28.6 Å². The summed E-state index contributed by atoms with van der Waals surface area (Å²) >= 11 is 0. The summed E-state index contributed by atoms with van der Waals surface area (Å²) in [6.07, 6.45) is 9.03. The van der Waals surface area contributed by atoms with Crippen molar-refractivity contribution >= 4 is 17.5 Å². The van der Waals surface area contributed by atoms with Crippen LogP contribution in [0.5, 0.6) is 0 Å². The summed E-state index contributed by atoms with van der Waals surface area (Å²) in [6.45, 7) is 5.70. The number of ketones is 2. The number of allylic oxidation sites excluding steroid dienone is 3. The number of hydrogen-bond acceptors (Lipinski definition) is 4. The van der Waals surface area contributed by atoms with E-state index in [1.807, 2.05) is 6.08 Å². The fraction of sp³-hybridized carbons (Fsp3) is 0.667. The summed E-state index contributed by atoms with van der Waals surface area (Å²) in [7, 11) is 0. The van der Waals surface area contributed by atoms with Crippen molar-refractivity contribution in [3.8, 4) is 0 Å². The van der Waals surface area contributed by atoms with Gasteiger partial charge in [-0.25, -0.2) is 0 Å². The number of ether oxygens (including phenoxy) is 1. The second-order valence-electron chi connectivity index (χ2n) is 8.72. The van der Waals surface area contributed by atoms with Crippen LogP contribution >= 0.6 is 0 Å². The molecule has 3 fully saturated rings. The van der Waals surface area contributed by atoms with Gasteiger partial charge in [0.2, 0.25) is 5.78 Å². The van der Waals surface area contributed by atoms with Crippen LogP contribution in [0.2, 0.25) is 0 Å². The number of fused-ring (bicyclic) bond motifs is 5. The Morgan fingerprint density at radius 1 is 1.12 bits per heavy atom. The van der Waals surface area contributed by atoms with Gasteiger partial charge in [-0.3, -0.25) is 14.4 Å². The van der Waals surface area contributed by atoms with Gasteiger partial charge in [0, 0.05) is 24.2 Å². The Kier molecular flexibility index (Phi) is 3.61. The Balaban J connectivity index is 1.74. The zero-order chi connectivity index (χ0) is 18.0. The van der Waals surface area contributed by atoms with Gasteiger partial charge in [-0.2, -0.15) is 0 Å². The highest BCUT2D eigenvalue weighted by Gasteiger charge is 2.59. The lowest BCUT2D eigenvalue weighted by Gasteiger charge is -2.55. The quantitative estimate of drug-likeness (QED) is 0.681. The highest BCUT2D eigenvalue weighted by atomic mass is 16.5. The number of carbonyl (C=O) groups excluding carboxylic acids is 3. The van der Waals surface area contributed by atoms with Crippen LogP contribution < -0.4 is 0 Å². The van der Waals surface area contributed by atoms with E-state index < -0.39 is 5.97 Å². The Morgan fingerprint density at radius 2 is 1.88 bits per heavy atom. The van der Waals surface area contributed by atoms with Crippen molar-refractivity contribution in [2.75, 3.05) is 0 Å². The van der Waals surface area contributed by atoms with Crippen LogP contribution in [0.4, 0.5) is 0 Å². The van der Waals surface area contributed by atoms with E-state index in [1.165, 1.54) is 6.92 Å². The molecule has 0 aromatic carbocycles. The van der Waals surface area contributed by atoms with E-state index >= 15 is 0 Å². The molecule has 0 radical (unpaired) electrons. The predicted octanol–water partition coefficient (Wildman–Crippen LogP) is 3.75. The summed E-state index contributed by atoms with van der Waals surface area (Å²) in [6, 6.07) is 0. The van der Waals surface area contributed by atoms with Gasteiger partial charge in [0.1, 0.15) is 5.78 Å². The smallest absolute Gasteiger partial charge is 0.308 e. The minimum atomic E-state index is -0.437. The van der Waals surface area contributed by atoms with E-state index in [0.29, 0.717) is 23.5 Å². The SMILES string of the molecule is CC(=O)OC1=C2CCC3C(CCC4(C)C(=O)CCC34)C2(C)C=CC1=O. The lowest BCUT2D eigenvalue weighted by atomic mass is 9.48. The van der Waals surface area contributed by atoms with Gasteiger partial charge in [0.25, 0.3) is 0 Å². The molecule has 0 aliphatic heterocycles. The largest absolute Gasteiger partial charge is 0.423 e. The van der Waals surface area contributed by atoms with Crippen LogP contribution in [-0.2, 0) is 19.1 Å². The normalized spacial score (nSPS) is 42.8. The molecule has 0 saturated heterocycles. The van der Waals surface area contributed by atoms with Crippen LogP contribution in [0.25, 0.3) is 0 Å². The lowest BCUT2D eigenvalue weighted by molar-refractivity contribution is -0.140. The summed E-state index contributed by atoms with van der Waals surface area (Å²) in [5.74, 6) is 1.45. The zero-order valence-corrected chi connectivity index (χ0v) is 15.3. The van der Waals surface area contributed by atoms with E-state index in [1.54, 1.807) is 6.08 Å². The summed E-state index contributed by atoms with van der Waals surface area (Å²) in [5.41, 5.74) is 0.602. The molecule has 0 bridgehead atoms. The topological polar surface area (TPSA) is 60.4 Å². The molecule has 4 aliphatic rings. The van der Waals surface area contributed by atoms with E-state index in [0.717, 1.165) is 44.1 Å². The van der Waals surface area contributed by atoms with Crippen molar-refractivity contribution < 1.29 is 19.1 Å². The summed E-state index contributed by atoms with van der Waals surface area (Å²) in [5, 5.41) is 0. The molecule has 3 saturated carbocycles. The maximum absolute atomic E-state index is 12.5. The first-order valence-corrected chi connectivity index (χ1v) is 9.46. The molecule has 4 rings (SSSR count). The van der Waals surface area contributed by atoms with E-state index in [4.69, 9.17) is 4.74 Å². The Morgan fingerprint density at radius 3 is 2.60 bits per heavy atom. The molecular formula is C21H26O4. The number of carbonyl (C=O) groups is 3. The van der Waals surface area contributed by atoms with Crippen molar-refractivity contribution in [1.82, 2.24) is 0 Å². The number of hydrogen-bond donors (Lipinski definition) is 0. The van der Waals surface area contributed by atoms with Crippen LogP contribution in [0.1, 0.15) is 59.3 Å². The molecule has 0 amide bonds. The first-order valence-electron chi connectivity index (χ1n) is 9.46. The average Bonchev–Trinajstić information content (AvgIpc) is 2.86. The maximum Gasteiger partial charge on any atom is 0.308 e. The molecule has 0 N–H and O–H groups in total. The molecule has 0 aromatic heterocycles. The first-order chi connectivity index (χ1) is 11.8. The van der Waals surface area contributed by atoms with Gasteiger partial charge in [-0.15, -0.1) is 0 Å². The van der Waals surface area contributed by atoms with Crippen molar-refractivity contribution in [2.45, 2.75) is 59.3 Å². The third kappa shape index (κ3) is 2.22. The Bertz CT molecular complexity index is 730. The van der Waals surface area contributed by atoms with Crippen LogP contribution in [0.15, 0.2) is 23.5 Å². The monoisotopic (exact) mass is 342 g/mol. The van der Waals surface area contributed by atoms with Crippen LogP contribution in [0.3, 0.4) is 0 Å². The standard InChI is InChI=1S/C21H26O4/c1-12(22)25-19-16-5-4-13-14-6-7-18(24)21(14,3)10-8-15(13)20(16,2)11-9-17(19)23/h9,11,13-15H,4-8,10H2,1-3H3. The summed E-state index contributed by atoms with van der Waals surface area (Å²) < 4.78 is 5.33. The molecule has 25 heavy (non-hydrogen) atoms. The van der Waals surface area contributed by atoms with E-state index in [-0.39, 0.29) is 22.4 Å². The molecule has 5 unspecified atom stereocenters. The Labute approximate surface area is 148 Å². The molecular weight excluding hydrogens is 316 g/mol. The van der Waals surface area contributed by atoms with Crippen molar-refractivity contribution in [1.29, 1.82) is 0 Å². The summed E-state index contributed by atoms with van der Waals surface area (Å²) in [4.78, 5) is 36.2. The molecule has 0 heterocycles. The molecule has 4 heteroatoms. The fourth-order valence-corrected chi connectivity index (χ4v) is 6.32. The molecule has 134 valence electrons. The van der Waals surface area contributed by atoms with Gasteiger partial charge >= 0.3 is 5.97 Å². The highest BCUT2D eigenvalue weighted by Crippen LogP contribution is 2.64. The number of esters is 1. The molecule has 5 atom stereocenters. The van der Waals surface area contributed by atoms with E-state index in [9.17, 15) is 14.4 Å². The number of Topliss-reactive ketones (excluding diaryl/α,β-unsaturated/α-hetero) is 1. The molecule has 4 nitrogen and oxygen atoms in total. The zero-order valence-electron chi connectivity index (χ0n) is 15.3. The van der Waals surface area contributed by atoms with Gasteiger partial charge in [0.15, 0.2) is 5.76 Å². The van der Waals surface area contributed by atoms with Crippen molar-refractivity contribution in [3.63, 3.8) is 0 Å². The number of rotatable bonds is 1. The van der Waals surface area contributed by atoms with Crippen LogP contribution in [0, 0.1) is 28.6 Å². The maximum atomic E-state index is 12.5. The second kappa shape index (κ2) is 5.39. The van der Waals surface area contributed by atoms with Crippen molar-refractivity contribution in [3.05, 3.63) is 23.5 Å². The van der Waals surface area contributed by atoms with Gasteiger partial charge in [-0.05, 0) is 61.5 Å². The molecule has 0 spiro atoms. The minimum absolute atomic E-state index is 0.147. The second-order valence-corrected chi connectivity index (χ2v) is 8.72. The third-order valence-corrected chi connectivity index (χ3v) is 7.62. The fourth-order valence-electron chi connectivity index (χ4n) is 6.32. The van der Waals surface area contributed by atoms with Gasteiger partial charge < -0.3 is 4.74 Å². The molecule has 4 aliphatic carbocycles.